The second-order valence-electron chi connectivity index (χ2n) is 6.59. The molecule has 0 unspecified atom stereocenters. The molecule has 0 aliphatic carbocycles. The van der Waals surface area contributed by atoms with Gasteiger partial charge in [-0.2, -0.15) is 10.2 Å². The molecule has 0 spiro atoms. The Hall–Kier alpha value is -2.48. The van der Waals surface area contributed by atoms with Gasteiger partial charge >= 0.3 is 0 Å². The molecule has 2 aromatic heterocycles. The van der Waals surface area contributed by atoms with Crippen molar-refractivity contribution in [3.05, 3.63) is 36.8 Å². The lowest BCUT2D eigenvalue weighted by atomic mass is 9.86. The number of hydrogen-bond acceptors (Lipinski definition) is 6. The molecule has 0 aromatic carbocycles. The molecule has 25 heavy (non-hydrogen) atoms. The van der Waals surface area contributed by atoms with Crippen LogP contribution in [0.1, 0.15) is 12.8 Å². The standard InChI is InChI=1S/C17H23N7O/c25-16(17(4-8-18-9-5-17)24-10-2-7-20-24)23-13-11-22(12-14-23)15-3-1-6-19-21-15/h1-3,6-7,10,18H,4-5,8-9,11-14H2. The molecule has 0 saturated carbocycles. The summed E-state index contributed by atoms with van der Waals surface area (Å²) in [6, 6.07) is 5.74. The fraction of sp³-hybridized carbons (Fsp3) is 0.529. The summed E-state index contributed by atoms with van der Waals surface area (Å²) in [6.07, 6.45) is 6.89. The SMILES string of the molecule is O=C(N1CCN(c2cccnn2)CC1)C1(n2cccn2)CCNCC1. The van der Waals surface area contributed by atoms with E-state index in [0.29, 0.717) is 13.1 Å². The van der Waals surface area contributed by atoms with E-state index in [1.165, 1.54) is 0 Å². The van der Waals surface area contributed by atoms with Gasteiger partial charge in [0.2, 0.25) is 0 Å². The Morgan fingerprint density at radius 1 is 1.08 bits per heavy atom. The van der Waals surface area contributed by atoms with Crippen molar-refractivity contribution in [1.29, 1.82) is 0 Å². The van der Waals surface area contributed by atoms with Gasteiger partial charge in [0, 0.05) is 44.8 Å². The Labute approximate surface area is 146 Å². The van der Waals surface area contributed by atoms with Gasteiger partial charge in [-0.15, -0.1) is 5.10 Å². The summed E-state index contributed by atoms with van der Waals surface area (Å²) < 4.78 is 1.87. The minimum Gasteiger partial charge on any atom is -0.352 e. The topological polar surface area (TPSA) is 79.2 Å². The highest BCUT2D eigenvalue weighted by Gasteiger charge is 2.44. The molecule has 4 heterocycles. The molecular formula is C17H23N7O. The van der Waals surface area contributed by atoms with E-state index >= 15 is 0 Å². The summed E-state index contributed by atoms with van der Waals surface area (Å²) >= 11 is 0. The molecular weight excluding hydrogens is 318 g/mol. The lowest BCUT2D eigenvalue weighted by Gasteiger charge is -2.43. The third-order valence-corrected chi connectivity index (χ3v) is 5.22. The fourth-order valence-electron chi connectivity index (χ4n) is 3.80. The highest BCUT2D eigenvalue weighted by Crippen LogP contribution is 2.30. The highest BCUT2D eigenvalue weighted by molar-refractivity contribution is 5.85. The lowest BCUT2D eigenvalue weighted by molar-refractivity contribution is -0.143. The molecule has 4 rings (SSSR count). The molecule has 2 saturated heterocycles. The van der Waals surface area contributed by atoms with E-state index in [-0.39, 0.29) is 5.91 Å². The molecule has 0 bridgehead atoms. The number of amides is 1. The first kappa shape index (κ1) is 16.0. The van der Waals surface area contributed by atoms with E-state index in [0.717, 1.165) is 44.8 Å². The number of piperidine rings is 1. The number of anilines is 1. The predicted octanol–water partition coefficient (Wildman–Crippen LogP) is 0.101. The Balaban J connectivity index is 1.49. The zero-order valence-electron chi connectivity index (χ0n) is 14.2. The van der Waals surface area contributed by atoms with Crippen molar-refractivity contribution < 1.29 is 4.79 Å². The van der Waals surface area contributed by atoms with Crippen molar-refractivity contribution in [3.63, 3.8) is 0 Å². The zero-order chi connectivity index (χ0) is 17.1. The van der Waals surface area contributed by atoms with E-state index in [4.69, 9.17) is 0 Å². The van der Waals surface area contributed by atoms with Gasteiger partial charge in [-0.1, -0.05) is 0 Å². The molecule has 0 atom stereocenters. The van der Waals surface area contributed by atoms with E-state index in [9.17, 15) is 4.79 Å². The van der Waals surface area contributed by atoms with Crippen LogP contribution < -0.4 is 10.2 Å². The molecule has 2 aliphatic rings. The number of nitrogens with zero attached hydrogens (tertiary/aromatic N) is 6. The number of hydrogen-bond donors (Lipinski definition) is 1. The lowest BCUT2D eigenvalue weighted by Crippen LogP contribution is -2.59. The normalized spacial score (nSPS) is 20.5. The summed E-state index contributed by atoms with van der Waals surface area (Å²) in [5.41, 5.74) is -0.552. The Morgan fingerprint density at radius 2 is 1.88 bits per heavy atom. The highest BCUT2D eigenvalue weighted by atomic mass is 16.2. The van der Waals surface area contributed by atoms with Crippen molar-refractivity contribution in [3.8, 4) is 0 Å². The number of nitrogens with one attached hydrogen (secondary N) is 1. The van der Waals surface area contributed by atoms with Gasteiger partial charge in [0.15, 0.2) is 5.82 Å². The van der Waals surface area contributed by atoms with Crippen LogP contribution in [0.25, 0.3) is 0 Å². The minimum atomic E-state index is -0.552. The van der Waals surface area contributed by atoms with Crippen LogP contribution in [0, 0.1) is 0 Å². The molecule has 8 nitrogen and oxygen atoms in total. The second kappa shape index (κ2) is 6.79. The van der Waals surface area contributed by atoms with Crippen LogP contribution in [0.4, 0.5) is 5.82 Å². The van der Waals surface area contributed by atoms with Crippen molar-refractivity contribution in [2.75, 3.05) is 44.2 Å². The van der Waals surface area contributed by atoms with Crippen LogP contribution >= 0.6 is 0 Å². The van der Waals surface area contributed by atoms with Gasteiger partial charge in [-0.3, -0.25) is 9.48 Å². The van der Waals surface area contributed by atoms with E-state index < -0.39 is 5.54 Å². The van der Waals surface area contributed by atoms with Crippen molar-refractivity contribution in [1.82, 2.24) is 30.2 Å². The van der Waals surface area contributed by atoms with Crippen molar-refractivity contribution in [2.45, 2.75) is 18.4 Å². The summed E-state index contributed by atoms with van der Waals surface area (Å²) in [7, 11) is 0. The first-order valence-electron chi connectivity index (χ1n) is 8.82. The van der Waals surface area contributed by atoms with E-state index in [1.807, 2.05) is 34.0 Å². The van der Waals surface area contributed by atoms with Gasteiger partial charge in [0.1, 0.15) is 5.54 Å². The Bertz CT molecular complexity index is 689. The average Bonchev–Trinajstić information content (AvgIpc) is 3.24. The minimum absolute atomic E-state index is 0.191. The number of aromatic nitrogens is 4. The van der Waals surface area contributed by atoms with Crippen LogP contribution in [0.2, 0.25) is 0 Å². The Kier molecular flexibility index (Phi) is 4.35. The number of rotatable bonds is 3. The van der Waals surface area contributed by atoms with Gasteiger partial charge in [-0.05, 0) is 44.1 Å². The summed E-state index contributed by atoms with van der Waals surface area (Å²) in [5, 5.41) is 15.9. The maximum atomic E-state index is 13.4. The molecule has 0 radical (unpaired) electrons. The van der Waals surface area contributed by atoms with Crippen LogP contribution in [0.3, 0.4) is 0 Å². The van der Waals surface area contributed by atoms with Crippen molar-refractivity contribution >= 4 is 11.7 Å². The maximum absolute atomic E-state index is 13.4. The first-order chi connectivity index (χ1) is 12.3. The Morgan fingerprint density at radius 3 is 2.52 bits per heavy atom. The molecule has 1 N–H and O–H groups in total. The third-order valence-electron chi connectivity index (χ3n) is 5.22. The largest absolute Gasteiger partial charge is 0.352 e. The number of carbonyl (C=O) groups is 1. The van der Waals surface area contributed by atoms with Crippen molar-refractivity contribution in [2.24, 2.45) is 0 Å². The summed E-state index contributed by atoms with van der Waals surface area (Å²) in [6.45, 7) is 4.63. The summed E-state index contributed by atoms with van der Waals surface area (Å²) in [5.74, 6) is 1.06. The summed E-state index contributed by atoms with van der Waals surface area (Å²) in [4.78, 5) is 17.6. The van der Waals surface area contributed by atoms with Gasteiger partial charge in [0.05, 0.1) is 0 Å². The number of carbonyl (C=O) groups excluding carboxylic acids is 1. The smallest absolute Gasteiger partial charge is 0.250 e. The van der Waals surface area contributed by atoms with Gasteiger partial charge in [0.25, 0.3) is 5.91 Å². The molecule has 2 fully saturated rings. The van der Waals surface area contributed by atoms with E-state index in [1.54, 1.807) is 12.4 Å². The van der Waals surface area contributed by atoms with Crippen LogP contribution in [0.15, 0.2) is 36.8 Å². The van der Waals surface area contributed by atoms with Gasteiger partial charge < -0.3 is 15.1 Å². The molecule has 8 heteroatoms. The second-order valence-corrected chi connectivity index (χ2v) is 6.59. The number of piperazine rings is 1. The predicted molar refractivity (Wildman–Crippen MR) is 93.1 cm³/mol. The fourth-order valence-corrected chi connectivity index (χ4v) is 3.80. The molecule has 132 valence electrons. The first-order valence-corrected chi connectivity index (χ1v) is 8.82. The quantitative estimate of drug-likeness (QED) is 0.853. The van der Waals surface area contributed by atoms with Crippen LogP contribution in [-0.2, 0) is 10.3 Å². The molecule has 2 aromatic rings. The van der Waals surface area contributed by atoms with Crippen LogP contribution in [0.5, 0.6) is 0 Å². The van der Waals surface area contributed by atoms with Gasteiger partial charge in [-0.25, -0.2) is 0 Å². The van der Waals surface area contributed by atoms with E-state index in [2.05, 4.69) is 25.5 Å². The monoisotopic (exact) mass is 341 g/mol. The average molecular weight is 341 g/mol. The zero-order valence-corrected chi connectivity index (χ0v) is 14.2. The van der Waals surface area contributed by atoms with Crippen LogP contribution in [-0.4, -0.2) is 70.1 Å². The maximum Gasteiger partial charge on any atom is 0.250 e. The third kappa shape index (κ3) is 2.97. The molecule has 1 amide bonds. The molecule has 2 aliphatic heterocycles.